The lowest BCUT2D eigenvalue weighted by atomic mass is 10.0. The summed E-state index contributed by atoms with van der Waals surface area (Å²) in [6.45, 7) is 3.64. The second-order valence-electron chi connectivity index (χ2n) is 6.15. The Balaban J connectivity index is 1.50. The Hall–Kier alpha value is -2.70. The molecule has 7 heteroatoms. The lowest BCUT2D eigenvalue weighted by molar-refractivity contribution is 0.526. The summed E-state index contributed by atoms with van der Waals surface area (Å²) in [5, 5.41) is 16.1. The highest BCUT2D eigenvalue weighted by atomic mass is 19.1. The molecule has 1 aromatic carbocycles. The number of halogens is 1. The third-order valence-corrected chi connectivity index (χ3v) is 4.37. The van der Waals surface area contributed by atoms with Gasteiger partial charge in [0.05, 0.1) is 0 Å². The third-order valence-electron chi connectivity index (χ3n) is 4.37. The van der Waals surface area contributed by atoms with Crippen LogP contribution in [-0.4, -0.2) is 38.9 Å². The molecule has 0 aliphatic carbocycles. The maximum atomic E-state index is 13.5. The summed E-state index contributed by atoms with van der Waals surface area (Å²) < 4.78 is 15.2. The number of aryl methyl sites for hydroxylation is 1. The molecule has 124 valence electrons. The molecule has 1 aliphatic rings. The predicted octanol–water partition coefficient (Wildman–Crippen LogP) is 2.65. The van der Waals surface area contributed by atoms with Gasteiger partial charge in [-0.3, -0.25) is 0 Å². The quantitative estimate of drug-likeness (QED) is 0.802. The fourth-order valence-corrected chi connectivity index (χ4v) is 3.18. The largest absolute Gasteiger partial charge is 0.369 e. The molecule has 3 aromatic rings. The summed E-state index contributed by atoms with van der Waals surface area (Å²) in [5.74, 6) is 1.37. The summed E-state index contributed by atoms with van der Waals surface area (Å²) in [6, 6.07) is 10.9. The SMILES string of the molecule is Cc1nnc2ccc(N[C@@H]3CCCN(c4cccc(F)c4)C3)nn12. The van der Waals surface area contributed by atoms with Crippen molar-refractivity contribution in [2.45, 2.75) is 25.8 Å². The zero-order valence-corrected chi connectivity index (χ0v) is 13.5. The van der Waals surface area contributed by atoms with Crippen molar-refractivity contribution in [3.8, 4) is 0 Å². The van der Waals surface area contributed by atoms with Crippen LogP contribution in [0.3, 0.4) is 0 Å². The van der Waals surface area contributed by atoms with E-state index in [-0.39, 0.29) is 11.9 Å². The smallest absolute Gasteiger partial charge is 0.178 e. The topological polar surface area (TPSA) is 58.4 Å². The third kappa shape index (κ3) is 2.89. The summed E-state index contributed by atoms with van der Waals surface area (Å²) in [4.78, 5) is 2.22. The molecule has 6 nitrogen and oxygen atoms in total. The molecule has 3 heterocycles. The number of nitrogens with zero attached hydrogens (tertiary/aromatic N) is 5. The monoisotopic (exact) mass is 326 g/mol. The Kier molecular flexibility index (Phi) is 3.76. The van der Waals surface area contributed by atoms with Gasteiger partial charge in [0.1, 0.15) is 11.6 Å². The number of piperidine rings is 1. The molecule has 1 fully saturated rings. The van der Waals surface area contributed by atoms with E-state index in [1.54, 1.807) is 16.6 Å². The second-order valence-corrected chi connectivity index (χ2v) is 6.15. The zero-order chi connectivity index (χ0) is 16.5. The van der Waals surface area contributed by atoms with E-state index in [0.29, 0.717) is 0 Å². The molecule has 24 heavy (non-hydrogen) atoms. The van der Waals surface area contributed by atoms with Crippen molar-refractivity contribution in [2.24, 2.45) is 0 Å². The van der Waals surface area contributed by atoms with Crippen molar-refractivity contribution < 1.29 is 4.39 Å². The van der Waals surface area contributed by atoms with E-state index in [1.165, 1.54) is 6.07 Å². The minimum Gasteiger partial charge on any atom is -0.369 e. The fraction of sp³-hybridized carbons (Fsp3) is 0.353. The van der Waals surface area contributed by atoms with Crippen molar-refractivity contribution in [1.29, 1.82) is 0 Å². The van der Waals surface area contributed by atoms with E-state index in [2.05, 4.69) is 25.5 Å². The Morgan fingerprint density at radius 2 is 2.12 bits per heavy atom. The van der Waals surface area contributed by atoms with Gasteiger partial charge < -0.3 is 10.2 Å². The van der Waals surface area contributed by atoms with E-state index in [9.17, 15) is 4.39 Å². The highest BCUT2D eigenvalue weighted by molar-refractivity contribution is 5.49. The number of hydrogen-bond donors (Lipinski definition) is 1. The van der Waals surface area contributed by atoms with Gasteiger partial charge in [-0.1, -0.05) is 6.07 Å². The van der Waals surface area contributed by atoms with Gasteiger partial charge in [-0.05, 0) is 50.1 Å². The molecule has 0 unspecified atom stereocenters. The zero-order valence-electron chi connectivity index (χ0n) is 13.5. The highest BCUT2D eigenvalue weighted by Crippen LogP contribution is 2.22. The maximum Gasteiger partial charge on any atom is 0.178 e. The Bertz CT molecular complexity index is 861. The van der Waals surface area contributed by atoms with E-state index in [1.807, 2.05) is 25.1 Å². The second kappa shape index (κ2) is 6.07. The van der Waals surface area contributed by atoms with Crippen LogP contribution in [0.2, 0.25) is 0 Å². The van der Waals surface area contributed by atoms with Crippen LogP contribution in [0.4, 0.5) is 15.9 Å². The number of benzene rings is 1. The van der Waals surface area contributed by atoms with Gasteiger partial charge in [0.15, 0.2) is 11.5 Å². The number of anilines is 2. The van der Waals surface area contributed by atoms with Crippen molar-refractivity contribution >= 4 is 17.2 Å². The van der Waals surface area contributed by atoms with Crippen LogP contribution in [0, 0.1) is 12.7 Å². The van der Waals surface area contributed by atoms with Gasteiger partial charge in [0.2, 0.25) is 0 Å². The first-order chi connectivity index (χ1) is 11.7. The summed E-state index contributed by atoms with van der Waals surface area (Å²) in [5.41, 5.74) is 1.67. The van der Waals surface area contributed by atoms with Gasteiger partial charge in [-0.15, -0.1) is 15.3 Å². The predicted molar refractivity (Wildman–Crippen MR) is 90.8 cm³/mol. The van der Waals surface area contributed by atoms with E-state index in [4.69, 9.17) is 0 Å². The average molecular weight is 326 g/mol. The van der Waals surface area contributed by atoms with Crippen LogP contribution < -0.4 is 10.2 Å². The molecule has 1 aliphatic heterocycles. The minimum absolute atomic E-state index is 0.196. The number of hydrogen-bond acceptors (Lipinski definition) is 5. The van der Waals surface area contributed by atoms with Crippen LogP contribution in [0.25, 0.3) is 5.65 Å². The van der Waals surface area contributed by atoms with Gasteiger partial charge in [0.25, 0.3) is 0 Å². The summed E-state index contributed by atoms with van der Waals surface area (Å²) in [6.07, 6.45) is 2.12. The molecule has 1 atom stereocenters. The Morgan fingerprint density at radius 1 is 1.21 bits per heavy atom. The molecule has 1 N–H and O–H groups in total. The standard InChI is InChI=1S/C17H19FN6/c1-12-20-21-17-8-7-16(22-24(12)17)19-14-5-3-9-23(11-14)15-6-2-4-13(18)10-15/h2,4,6-8,10,14H,3,5,9,11H2,1H3,(H,19,22)/t14-/m1/s1. The molecule has 1 saturated heterocycles. The van der Waals surface area contributed by atoms with Crippen molar-refractivity contribution in [2.75, 3.05) is 23.3 Å². The lowest BCUT2D eigenvalue weighted by Crippen LogP contribution is -2.42. The molecule has 0 radical (unpaired) electrons. The first kappa shape index (κ1) is 14.9. The van der Waals surface area contributed by atoms with Gasteiger partial charge in [-0.25, -0.2) is 4.39 Å². The molecule has 2 aromatic heterocycles. The van der Waals surface area contributed by atoms with Gasteiger partial charge in [-0.2, -0.15) is 4.52 Å². The normalized spacial score (nSPS) is 18.1. The van der Waals surface area contributed by atoms with Crippen LogP contribution >= 0.6 is 0 Å². The van der Waals surface area contributed by atoms with Crippen LogP contribution in [-0.2, 0) is 0 Å². The van der Waals surface area contributed by atoms with Crippen LogP contribution in [0.5, 0.6) is 0 Å². The first-order valence-electron chi connectivity index (χ1n) is 8.15. The van der Waals surface area contributed by atoms with Crippen LogP contribution in [0.15, 0.2) is 36.4 Å². The van der Waals surface area contributed by atoms with E-state index < -0.39 is 0 Å². The number of nitrogens with one attached hydrogen (secondary N) is 1. The summed E-state index contributed by atoms with van der Waals surface area (Å²) >= 11 is 0. The first-order valence-corrected chi connectivity index (χ1v) is 8.15. The molecular formula is C17H19FN6. The minimum atomic E-state index is -0.196. The lowest BCUT2D eigenvalue weighted by Gasteiger charge is -2.35. The van der Waals surface area contributed by atoms with Crippen molar-refractivity contribution in [3.63, 3.8) is 0 Å². The highest BCUT2D eigenvalue weighted by Gasteiger charge is 2.21. The molecule has 0 bridgehead atoms. The molecule has 0 amide bonds. The van der Waals surface area contributed by atoms with Crippen molar-refractivity contribution in [1.82, 2.24) is 19.8 Å². The van der Waals surface area contributed by atoms with Gasteiger partial charge >= 0.3 is 0 Å². The van der Waals surface area contributed by atoms with E-state index >= 15 is 0 Å². The Labute approximate surface area is 139 Å². The molecular weight excluding hydrogens is 307 g/mol. The summed E-state index contributed by atoms with van der Waals surface area (Å²) in [7, 11) is 0. The molecule has 4 rings (SSSR count). The van der Waals surface area contributed by atoms with Gasteiger partial charge in [0, 0.05) is 24.8 Å². The van der Waals surface area contributed by atoms with Crippen LogP contribution in [0.1, 0.15) is 18.7 Å². The average Bonchev–Trinajstić information content (AvgIpc) is 2.96. The number of aromatic nitrogens is 4. The van der Waals surface area contributed by atoms with Crippen molar-refractivity contribution in [3.05, 3.63) is 48.0 Å². The molecule has 0 spiro atoms. The number of rotatable bonds is 3. The maximum absolute atomic E-state index is 13.5. The Morgan fingerprint density at radius 3 is 3.00 bits per heavy atom. The molecule has 0 saturated carbocycles. The fourth-order valence-electron chi connectivity index (χ4n) is 3.18. The number of fused-ring (bicyclic) bond motifs is 1. The van der Waals surface area contributed by atoms with E-state index in [0.717, 1.165) is 48.9 Å².